The number of hydrogen-bond donors (Lipinski definition) is 2. The maximum atomic E-state index is 11.9. The molecule has 0 bridgehead atoms. The molecule has 19 heavy (non-hydrogen) atoms. The minimum Gasteiger partial charge on any atom is -0.378 e. The van der Waals surface area contributed by atoms with E-state index < -0.39 is 18.6 Å². The fourth-order valence-electron chi connectivity index (χ4n) is 2.29. The molecule has 0 radical (unpaired) electrons. The summed E-state index contributed by atoms with van der Waals surface area (Å²) in [6, 6.07) is -0.0855. The maximum absolute atomic E-state index is 11.9. The van der Waals surface area contributed by atoms with Crippen molar-refractivity contribution in [3.63, 3.8) is 0 Å². The molecule has 7 heteroatoms. The van der Waals surface area contributed by atoms with Crippen molar-refractivity contribution in [1.82, 2.24) is 10.6 Å². The molecule has 1 aliphatic rings. The van der Waals surface area contributed by atoms with E-state index >= 15 is 0 Å². The highest BCUT2D eigenvalue weighted by Gasteiger charge is 2.58. The number of ether oxygens (including phenoxy) is 1. The van der Waals surface area contributed by atoms with Gasteiger partial charge in [-0.25, -0.2) is 0 Å². The molecule has 0 aliphatic heterocycles. The van der Waals surface area contributed by atoms with Crippen LogP contribution in [0.1, 0.15) is 27.2 Å². The Balaban J connectivity index is 2.36. The molecule has 0 aromatic rings. The highest BCUT2D eigenvalue weighted by atomic mass is 19.4. The Kier molecular flexibility index (Phi) is 4.51. The largest absolute Gasteiger partial charge is 0.401 e. The Morgan fingerprint density at radius 1 is 1.37 bits per heavy atom. The molecule has 1 amide bonds. The lowest BCUT2D eigenvalue weighted by molar-refractivity contribution is -0.182. The molecular weight excluding hydrogens is 261 g/mol. The van der Waals surface area contributed by atoms with E-state index in [1.165, 1.54) is 0 Å². The van der Waals surface area contributed by atoms with Gasteiger partial charge in [0.2, 0.25) is 5.91 Å². The molecular formula is C12H21F3N2O2. The number of alkyl halides is 3. The van der Waals surface area contributed by atoms with Gasteiger partial charge in [-0.05, 0) is 13.3 Å². The molecule has 0 saturated heterocycles. The zero-order valence-electron chi connectivity index (χ0n) is 11.6. The first-order valence-corrected chi connectivity index (χ1v) is 6.14. The van der Waals surface area contributed by atoms with Gasteiger partial charge < -0.3 is 15.4 Å². The normalized spacial score (nSPS) is 29.7. The van der Waals surface area contributed by atoms with Gasteiger partial charge in [0.15, 0.2) is 0 Å². The molecule has 0 aromatic carbocycles. The van der Waals surface area contributed by atoms with E-state index in [0.29, 0.717) is 6.42 Å². The number of halogens is 3. The summed E-state index contributed by atoms with van der Waals surface area (Å²) in [7, 11) is 1.62. The van der Waals surface area contributed by atoms with Crippen LogP contribution in [0.2, 0.25) is 0 Å². The molecule has 2 atom stereocenters. The van der Waals surface area contributed by atoms with Crippen molar-refractivity contribution in [2.24, 2.45) is 5.41 Å². The molecule has 1 rings (SSSR count). The van der Waals surface area contributed by atoms with Crippen molar-refractivity contribution in [1.29, 1.82) is 0 Å². The Labute approximate surface area is 111 Å². The number of nitrogens with one attached hydrogen (secondary N) is 2. The lowest BCUT2D eigenvalue weighted by atomic mass is 9.56. The summed E-state index contributed by atoms with van der Waals surface area (Å²) >= 11 is 0. The van der Waals surface area contributed by atoms with Gasteiger partial charge in [-0.2, -0.15) is 13.2 Å². The van der Waals surface area contributed by atoms with E-state index in [4.69, 9.17) is 4.74 Å². The summed E-state index contributed by atoms with van der Waals surface area (Å²) in [5.74, 6) is -0.430. The van der Waals surface area contributed by atoms with Gasteiger partial charge in [0, 0.05) is 18.6 Å². The minimum atomic E-state index is -4.30. The zero-order valence-corrected chi connectivity index (χ0v) is 11.6. The molecule has 0 spiro atoms. The van der Waals surface area contributed by atoms with Gasteiger partial charge in [0.05, 0.1) is 18.7 Å². The first-order chi connectivity index (χ1) is 8.52. The van der Waals surface area contributed by atoms with Crippen LogP contribution in [0.15, 0.2) is 0 Å². The Hall–Kier alpha value is -0.820. The second kappa shape index (κ2) is 5.28. The standard InChI is InChI=1S/C12H21F3N2O2/c1-10(2)8(5-11(10,3)19-4)17-9(18)6-16-7-12(13,14)15/h8,16H,5-7H2,1-4H3,(H,17,18). The topological polar surface area (TPSA) is 50.4 Å². The molecule has 1 fully saturated rings. The quantitative estimate of drug-likeness (QED) is 0.802. The van der Waals surface area contributed by atoms with Crippen LogP contribution in [0.3, 0.4) is 0 Å². The zero-order chi connectivity index (χ0) is 14.9. The smallest absolute Gasteiger partial charge is 0.378 e. The van der Waals surface area contributed by atoms with Gasteiger partial charge in [-0.1, -0.05) is 13.8 Å². The molecule has 4 nitrogen and oxygen atoms in total. The molecule has 0 heterocycles. The summed E-state index contributed by atoms with van der Waals surface area (Å²) in [6.45, 7) is 4.39. The van der Waals surface area contributed by atoms with Crippen molar-refractivity contribution in [2.45, 2.75) is 45.0 Å². The number of rotatable bonds is 5. The van der Waals surface area contributed by atoms with Crippen molar-refractivity contribution < 1.29 is 22.7 Å². The number of methoxy groups -OCH3 is 1. The monoisotopic (exact) mass is 282 g/mol. The van der Waals surface area contributed by atoms with E-state index in [2.05, 4.69) is 10.6 Å². The second-order valence-electron chi connectivity index (χ2n) is 5.70. The summed E-state index contributed by atoms with van der Waals surface area (Å²) in [4.78, 5) is 11.5. The predicted octanol–water partition coefficient (Wildman–Crippen LogP) is 1.46. The van der Waals surface area contributed by atoms with E-state index in [9.17, 15) is 18.0 Å². The van der Waals surface area contributed by atoms with Crippen LogP contribution in [0.4, 0.5) is 13.2 Å². The van der Waals surface area contributed by atoms with E-state index in [-0.39, 0.29) is 23.6 Å². The van der Waals surface area contributed by atoms with Crippen LogP contribution in [0.25, 0.3) is 0 Å². The number of amides is 1. The number of carbonyl (C=O) groups excluding carboxylic acids is 1. The van der Waals surface area contributed by atoms with Crippen molar-refractivity contribution >= 4 is 5.91 Å². The minimum absolute atomic E-state index is 0.0855. The SMILES string of the molecule is COC1(C)CC(NC(=O)CNCC(F)(F)F)C1(C)C. The molecule has 2 unspecified atom stereocenters. The Morgan fingerprint density at radius 2 is 1.95 bits per heavy atom. The summed E-state index contributed by atoms with van der Waals surface area (Å²) < 4.78 is 41.1. The summed E-state index contributed by atoms with van der Waals surface area (Å²) in [6.07, 6.45) is -3.65. The molecule has 1 aliphatic carbocycles. The van der Waals surface area contributed by atoms with Gasteiger partial charge in [-0.3, -0.25) is 4.79 Å². The van der Waals surface area contributed by atoms with Crippen molar-refractivity contribution in [2.75, 3.05) is 20.2 Å². The summed E-state index contributed by atoms with van der Waals surface area (Å²) in [5, 5.41) is 4.81. The van der Waals surface area contributed by atoms with Crippen LogP contribution < -0.4 is 10.6 Å². The van der Waals surface area contributed by atoms with Gasteiger partial charge in [-0.15, -0.1) is 0 Å². The average molecular weight is 282 g/mol. The third-order valence-corrected chi connectivity index (χ3v) is 4.22. The molecule has 2 N–H and O–H groups in total. The van der Waals surface area contributed by atoms with Crippen molar-refractivity contribution in [3.8, 4) is 0 Å². The van der Waals surface area contributed by atoms with E-state index in [1.807, 2.05) is 20.8 Å². The summed E-state index contributed by atoms with van der Waals surface area (Å²) in [5.41, 5.74) is -0.564. The third kappa shape index (κ3) is 3.60. The lowest BCUT2D eigenvalue weighted by Gasteiger charge is -2.59. The van der Waals surface area contributed by atoms with E-state index in [0.717, 1.165) is 0 Å². The van der Waals surface area contributed by atoms with E-state index in [1.54, 1.807) is 7.11 Å². The Morgan fingerprint density at radius 3 is 2.37 bits per heavy atom. The van der Waals surface area contributed by atoms with Crippen LogP contribution in [0, 0.1) is 5.41 Å². The maximum Gasteiger partial charge on any atom is 0.401 e. The number of carbonyl (C=O) groups is 1. The van der Waals surface area contributed by atoms with Crippen LogP contribution >= 0.6 is 0 Å². The number of hydrogen-bond acceptors (Lipinski definition) is 3. The third-order valence-electron chi connectivity index (χ3n) is 4.22. The second-order valence-corrected chi connectivity index (χ2v) is 5.70. The highest BCUT2D eigenvalue weighted by Crippen LogP contribution is 2.51. The van der Waals surface area contributed by atoms with Gasteiger partial charge in [0.1, 0.15) is 0 Å². The molecule has 0 aromatic heterocycles. The highest BCUT2D eigenvalue weighted by molar-refractivity contribution is 5.78. The van der Waals surface area contributed by atoms with Crippen LogP contribution in [-0.4, -0.2) is 43.9 Å². The first kappa shape index (κ1) is 16.2. The fraction of sp³-hybridized carbons (Fsp3) is 0.917. The van der Waals surface area contributed by atoms with Crippen LogP contribution in [-0.2, 0) is 9.53 Å². The van der Waals surface area contributed by atoms with Gasteiger partial charge in [0.25, 0.3) is 0 Å². The lowest BCUT2D eigenvalue weighted by Crippen LogP contribution is -2.69. The molecule has 1 saturated carbocycles. The Bertz CT molecular complexity index is 344. The molecule has 112 valence electrons. The average Bonchev–Trinajstić information content (AvgIpc) is 2.26. The van der Waals surface area contributed by atoms with Gasteiger partial charge >= 0.3 is 6.18 Å². The fourth-order valence-corrected chi connectivity index (χ4v) is 2.29. The predicted molar refractivity (Wildman–Crippen MR) is 64.7 cm³/mol. The first-order valence-electron chi connectivity index (χ1n) is 6.14. The van der Waals surface area contributed by atoms with Crippen LogP contribution in [0.5, 0.6) is 0 Å². The van der Waals surface area contributed by atoms with Crippen molar-refractivity contribution in [3.05, 3.63) is 0 Å².